The fraction of sp³-hybridized carbons (Fsp3) is 0.636. The van der Waals surface area contributed by atoms with Crippen LogP contribution in [-0.4, -0.2) is 7.05 Å². The van der Waals surface area contributed by atoms with Gasteiger partial charge in [0, 0.05) is 10.9 Å². The van der Waals surface area contributed by atoms with Gasteiger partial charge in [-0.25, -0.2) is 0 Å². The lowest BCUT2D eigenvalue weighted by atomic mass is 10.1. The summed E-state index contributed by atoms with van der Waals surface area (Å²) in [5.74, 6) is 1.04. The van der Waals surface area contributed by atoms with E-state index in [1.165, 1.54) is 34.3 Å². The average molecular weight is 274 g/mol. The van der Waals surface area contributed by atoms with Crippen LogP contribution < -0.4 is 5.32 Å². The molecule has 1 heterocycles. The van der Waals surface area contributed by atoms with E-state index in [2.05, 4.69) is 40.4 Å². The Balaban J connectivity index is 1.90. The second-order valence-electron chi connectivity index (χ2n) is 4.00. The molecule has 1 nitrogen and oxygen atoms in total. The Kier molecular flexibility index (Phi) is 3.63. The first kappa shape index (κ1) is 10.7. The quantitative estimate of drug-likeness (QED) is 0.857. The zero-order valence-corrected chi connectivity index (χ0v) is 10.8. The molecule has 1 aromatic heterocycles. The summed E-state index contributed by atoms with van der Waals surface area (Å²) in [5, 5.41) is 3.40. The zero-order chi connectivity index (χ0) is 9.97. The number of thiophene rings is 1. The van der Waals surface area contributed by atoms with E-state index in [1.54, 1.807) is 0 Å². The summed E-state index contributed by atoms with van der Waals surface area (Å²) in [7, 11) is 2.06. The summed E-state index contributed by atoms with van der Waals surface area (Å²) in [4.78, 5) is 1.46. The summed E-state index contributed by atoms with van der Waals surface area (Å²) in [6.07, 6.45) is 5.60. The van der Waals surface area contributed by atoms with Gasteiger partial charge >= 0.3 is 0 Å². The van der Waals surface area contributed by atoms with Crippen molar-refractivity contribution in [3.05, 3.63) is 20.8 Å². The molecule has 0 aliphatic heterocycles. The number of nitrogens with one attached hydrogen (secondary N) is 1. The lowest BCUT2D eigenvalue weighted by Crippen LogP contribution is -2.15. The predicted molar refractivity (Wildman–Crippen MR) is 65.8 cm³/mol. The van der Waals surface area contributed by atoms with Gasteiger partial charge in [0.2, 0.25) is 0 Å². The maximum Gasteiger partial charge on any atom is 0.0701 e. The Bertz CT molecular complexity index is 293. The monoisotopic (exact) mass is 273 g/mol. The van der Waals surface area contributed by atoms with Gasteiger partial charge < -0.3 is 5.32 Å². The number of halogens is 1. The first-order valence-electron chi connectivity index (χ1n) is 5.22. The maximum atomic E-state index is 3.51. The van der Waals surface area contributed by atoms with Crippen LogP contribution in [0.2, 0.25) is 0 Å². The van der Waals surface area contributed by atoms with Crippen LogP contribution in [0.1, 0.15) is 36.6 Å². The third-order valence-corrected chi connectivity index (χ3v) is 4.58. The summed E-state index contributed by atoms with van der Waals surface area (Å²) < 4.78 is 1.24. The molecule has 0 amide bonds. The van der Waals surface area contributed by atoms with Gasteiger partial charge in [0.05, 0.1) is 3.79 Å². The van der Waals surface area contributed by atoms with Crippen molar-refractivity contribution in [3.63, 3.8) is 0 Å². The van der Waals surface area contributed by atoms with Crippen LogP contribution in [-0.2, 0) is 0 Å². The summed E-state index contributed by atoms with van der Waals surface area (Å²) in [5.41, 5.74) is 0. The van der Waals surface area contributed by atoms with Crippen molar-refractivity contribution in [1.82, 2.24) is 5.32 Å². The van der Waals surface area contributed by atoms with Gasteiger partial charge in [-0.3, -0.25) is 0 Å². The van der Waals surface area contributed by atoms with Crippen molar-refractivity contribution in [2.75, 3.05) is 7.05 Å². The molecule has 1 N–H and O–H groups in total. The molecule has 1 unspecified atom stereocenters. The third kappa shape index (κ3) is 2.81. The standard InChI is InChI=1S/C11H16BrNS/c1-13-9(5-4-8-2-3-8)10-6-7-11(12)14-10/h6-9,13H,2-5H2,1H3. The Labute approximate surface area is 98.0 Å². The number of hydrogen-bond donors (Lipinski definition) is 1. The van der Waals surface area contributed by atoms with E-state index in [1.807, 2.05) is 11.3 Å². The maximum absolute atomic E-state index is 3.51. The Morgan fingerprint density at radius 3 is 2.86 bits per heavy atom. The minimum absolute atomic E-state index is 0.562. The molecule has 2 rings (SSSR count). The summed E-state index contributed by atoms with van der Waals surface area (Å²) in [6.45, 7) is 0. The fourth-order valence-electron chi connectivity index (χ4n) is 1.75. The lowest BCUT2D eigenvalue weighted by molar-refractivity contribution is 0.513. The highest BCUT2D eigenvalue weighted by Gasteiger charge is 2.22. The van der Waals surface area contributed by atoms with Crippen molar-refractivity contribution in [3.8, 4) is 0 Å². The molecule has 0 radical (unpaired) electrons. The van der Waals surface area contributed by atoms with Gasteiger partial charge in [-0.15, -0.1) is 11.3 Å². The molecule has 1 aliphatic rings. The lowest BCUT2D eigenvalue weighted by Gasteiger charge is -2.13. The molecule has 1 aliphatic carbocycles. The molecule has 1 saturated carbocycles. The predicted octanol–water partition coefficient (Wildman–Crippen LogP) is 3.96. The Morgan fingerprint density at radius 1 is 1.57 bits per heavy atom. The van der Waals surface area contributed by atoms with Crippen molar-refractivity contribution in [2.24, 2.45) is 5.92 Å². The Hall–Kier alpha value is 0.140. The smallest absolute Gasteiger partial charge is 0.0701 e. The van der Waals surface area contributed by atoms with E-state index >= 15 is 0 Å². The van der Waals surface area contributed by atoms with Gasteiger partial charge in [-0.05, 0) is 53.9 Å². The van der Waals surface area contributed by atoms with E-state index < -0.39 is 0 Å². The molecule has 14 heavy (non-hydrogen) atoms. The van der Waals surface area contributed by atoms with E-state index in [4.69, 9.17) is 0 Å². The number of rotatable bonds is 5. The topological polar surface area (TPSA) is 12.0 Å². The normalized spacial score (nSPS) is 18.4. The van der Waals surface area contributed by atoms with Crippen LogP contribution in [0, 0.1) is 5.92 Å². The van der Waals surface area contributed by atoms with Gasteiger partial charge in [-0.1, -0.05) is 12.8 Å². The molecule has 1 fully saturated rings. The van der Waals surface area contributed by atoms with Crippen molar-refractivity contribution in [2.45, 2.75) is 31.7 Å². The number of hydrogen-bond acceptors (Lipinski definition) is 2. The fourth-order valence-corrected chi connectivity index (χ4v) is 3.32. The largest absolute Gasteiger partial charge is 0.312 e. The van der Waals surface area contributed by atoms with Gasteiger partial charge in [0.15, 0.2) is 0 Å². The first-order chi connectivity index (χ1) is 6.79. The van der Waals surface area contributed by atoms with Crippen molar-refractivity contribution >= 4 is 27.3 Å². The summed E-state index contributed by atoms with van der Waals surface area (Å²) in [6, 6.07) is 4.93. The Morgan fingerprint density at radius 2 is 2.36 bits per heavy atom. The van der Waals surface area contributed by atoms with Crippen LogP contribution in [0.5, 0.6) is 0 Å². The van der Waals surface area contributed by atoms with Gasteiger partial charge in [-0.2, -0.15) is 0 Å². The molecular weight excluding hydrogens is 258 g/mol. The van der Waals surface area contributed by atoms with Gasteiger partial charge in [0.1, 0.15) is 0 Å². The second kappa shape index (κ2) is 4.77. The van der Waals surface area contributed by atoms with Crippen LogP contribution in [0.15, 0.2) is 15.9 Å². The average Bonchev–Trinajstić information content (AvgIpc) is 2.90. The highest BCUT2D eigenvalue weighted by Crippen LogP contribution is 2.37. The minimum Gasteiger partial charge on any atom is -0.312 e. The van der Waals surface area contributed by atoms with Gasteiger partial charge in [0.25, 0.3) is 0 Å². The molecule has 0 aromatic carbocycles. The molecule has 78 valence electrons. The molecule has 3 heteroatoms. The summed E-state index contributed by atoms with van der Waals surface area (Å²) >= 11 is 5.36. The molecule has 1 aromatic rings. The molecule has 0 bridgehead atoms. The van der Waals surface area contributed by atoms with Crippen molar-refractivity contribution < 1.29 is 0 Å². The van der Waals surface area contributed by atoms with Crippen LogP contribution in [0.4, 0.5) is 0 Å². The molecular formula is C11H16BrNS. The third-order valence-electron chi connectivity index (χ3n) is 2.85. The zero-order valence-electron chi connectivity index (χ0n) is 8.42. The van der Waals surface area contributed by atoms with E-state index in [0.29, 0.717) is 6.04 Å². The molecule has 0 saturated heterocycles. The SMILES string of the molecule is CNC(CCC1CC1)c1ccc(Br)s1. The van der Waals surface area contributed by atoms with E-state index in [9.17, 15) is 0 Å². The molecule has 1 atom stereocenters. The van der Waals surface area contributed by atoms with E-state index in [-0.39, 0.29) is 0 Å². The second-order valence-corrected chi connectivity index (χ2v) is 6.50. The van der Waals surface area contributed by atoms with Crippen molar-refractivity contribution in [1.29, 1.82) is 0 Å². The highest BCUT2D eigenvalue weighted by atomic mass is 79.9. The highest BCUT2D eigenvalue weighted by molar-refractivity contribution is 9.11. The minimum atomic E-state index is 0.562. The van der Waals surface area contributed by atoms with Crippen LogP contribution >= 0.6 is 27.3 Å². The molecule has 0 spiro atoms. The van der Waals surface area contributed by atoms with Crippen LogP contribution in [0.25, 0.3) is 0 Å². The van der Waals surface area contributed by atoms with Crippen LogP contribution in [0.3, 0.4) is 0 Å². The first-order valence-corrected chi connectivity index (χ1v) is 6.83. The van der Waals surface area contributed by atoms with E-state index in [0.717, 1.165) is 5.92 Å².